The van der Waals surface area contributed by atoms with Gasteiger partial charge in [0, 0.05) is 5.56 Å². The first-order chi connectivity index (χ1) is 6.15. The fourth-order valence-corrected chi connectivity index (χ4v) is 1.14. The van der Waals surface area contributed by atoms with Crippen molar-refractivity contribution in [1.82, 2.24) is 0 Å². The molecule has 0 aliphatic carbocycles. The van der Waals surface area contributed by atoms with Crippen LogP contribution in [0.1, 0.15) is 17.3 Å². The van der Waals surface area contributed by atoms with Crippen molar-refractivity contribution < 1.29 is 9.18 Å². The monoisotopic (exact) mass is 242 g/mol. The minimum Gasteiger partial charge on any atom is -0.289 e. The lowest BCUT2D eigenvalue weighted by molar-refractivity contribution is 0.104. The Morgan fingerprint density at radius 1 is 1.54 bits per heavy atom. The number of hydrogen-bond donors (Lipinski definition) is 0. The summed E-state index contributed by atoms with van der Waals surface area (Å²) < 4.78 is 13.3. The van der Waals surface area contributed by atoms with Gasteiger partial charge < -0.3 is 0 Å². The van der Waals surface area contributed by atoms with Crippen molar-refractivity contribution in [3.8, 4) is 0 Å². The Bertz CT molecular complexity index is 358. The molecule has 0 saturated carbocycles. The van der Waals surface area contributed by atoms with Crippen LogP contribution in [0.4, 0.5) is 4.39 Å². The Morgan fingerprint density at radius 3 is 2.77 bits per heavy atom. The molecule has 0 unspecified atom stereocenters. The molecule has 1 rings (SSSR count). The third-order valence-electron chi connectivity index (χ3n) is 1.52. The average molecular weight is 243 g/mol. The zero-order valence-electron chi connectivity index (χ0n) is 7.05. The van der Waals surface area contributed by atoms with Crippen LogP contribution >= 0.6 is 15.9 Å². The van der Waals surface area contributed by atoms with Gasteiger partial charge >= 0.3 is 0 Å². The van der Waals surface area contributed by atoms with E-state index in [0.717, 1.165) is 0 Å². The minimum absolute atomic E-state index is 0.186. The van der Waals surface area contributed by atoms with E-state index < -0.39 is 5.82 Å². The number of rotatable bonds is 2. The standard InChI is InChI=1S/C10H8BrFO/c1-2-3-10(13)7-4-5-8(11)9(12)6-7/h2-6H,1H3. The van der Waals surface area contributed by atoms with Crippen molar-refractivity contribution in [2.24, 2.45) is 0 Å². The van der Waals surface area contributed by atoms with Gasteiger partial charge in [0.2, 0.25) is 0 Å². The van der Waals surface area contributed by atoms with Crippen LogP contribution in [0.2, 0.25) is 0 Å². The highest BCUT2D eigenvalue weighted by molar-refractivity contribution is 9.10. The molecule has 0 aliphatic rings. The third kappa shape index (κ3) is 2.49. The molecule has 0 saturated heterocycles. The molecule has 1 nitrogen and oxygen atoms in total. The number of benzene rings is 1. The van der Waals surface area contributed by atoms with Crippen molar-refractivity contribution in [3.63, 3.8) is 0 Å². The molecular formula is C10H8BrFO. The van der Waals surface area contributed by atoms with Crippen LogP contribution in [-0.2, 0) is 0 Å². The fourth-order valence-electron chi connectivity index (χ4n) is 0.897. The van der Waals surface area contributed by atoms with Gasteiger partial charge in [0.15, 0.2) is 5.78 Å². The molecule has 68 valence electrons. The molecule has 0 fully saturated rings. The lowest BCUT2D eigenvalue weighted by Crippen LogP contribution is -1.94. The topological polar surface area (TPSA) is 17.1 Å². The smallest absolute Gasteiger partial charge is 0.185 e. The highest BCUT2D eigenvalue weighted by Crippen LogP contribution is 2.16. The molecule has 0 aliphatic heterocycles. The number of ketones is 1. The van der Waals surface area contributed by atoms with Crippen LogP contribution < -0.4 is 0 Å². The zero-order chi connectivity index (χ0) is 9.84. The number of carbonyl (C=O) groups excluding carboxylic acids is 1. The van der Waals surface area contributed by atoms with Crippen molar-refractivity contribution in [2.45, 2.75) is 6.92 Å². The van der Waals surface area contributed by atoms with E-state index in [9.17, 15) is 9.18 Å². The summed E-state index contributed by atoms with van der Waals surface area (Å²) in [5.74, 6) is -0.607. The lowest BCUT2D eigenvalue weighted by Gasteiger charge is -1.97. The SMILES string of the molecule is CC=CC(=O)c1ccc(Br)c(F)c1. The predicted molar refractivity (Wildman–Crippen MR) is 53.2 cm³/mol. The van der Waals surface area contributed by atoms with Gasteiger partial charge in [0.05, 0.1) is 4.47 Å². The molecule has 0 aromatic heterocycles. The molecule has 1 aromatic carbocycles. The number of carbonyl (C=O) groups is 1. The molecule has 0 N–H and O–H groups in total. The molecule has 0 amide bonds. The first kappa shape index (κ1) is 10.1. The van der Waals surface area contributed by atoms with Gasteiger partial charge in [0.1, 0.15) is 5.82 Å². The molecule has 3 heteroatoms. The summed E-state index contributed by atoms with van der Waals surface area (Å²) in [6.45, 7) is 1.74. The van der Waals surface area contributed by atoms with E-state index in [1.54, 1.807) is 19.1 Å². The van der Waals surface area contributed by atoms with Crippen molar-refractivity contribution in [2.75, 3.05) is 0 Å². The Labute approximate surface area is 84.4 Å². The van der Waals surface area contributed by atoms with Gasteiger partial charge in [-0.15, -0.1) is 0 Å². The van der Waals surface area contributed by atoms with E-state index in [4.69, 9.17) is 0 Å². The van der Waals surface area contributed by atoms with E-state index in [0.29, 0.717) is 10.0 Å². The molecule has 0 atom stereocenters. The second-order valence-electron chi connectivity index (χ2n) is 2.49. The summed E-state index contributed by atoms with van der Waals surface area (Å²) in [4.78, 5) is 11.2. The molecule has 0 heterocycles. The van der Waals surface area contributed by atoms with Gasteiger partial charge in [0.25, 0.3) is 0 Å². The number of halogens is 2. The van der Waals surface area contributed by atoms with Crippen LogP contribution in [0, 0.1) is 5.82 Å². The molecule has 0 spiro atoms. The summed E-state index contributed by atoms with van der Waals surface area (Å²) in [7, 11) is 0. The maximum absolute atomic E-state index is 13.0. The number of hydrogen-bond acceptors (Lipinski definition) is 1. The van der Waals surface area contributed by atoms with Crippen molar-refractivity contribution >= 4 is 21.7 Å². The van der Waals surface area contributed by atoms with Crippen LogP contribution in [0.25, 0.3) is 0 Å². The summed E-state index contributed by atoms with van der Waals surface area (Å²) >= 11 is 3.01. The molecule has 0 bridgehead atoms. The van der Waals surface area contributed by atoms with Crippen LogP contribution in [0.3, 0.4) is 0 Å². The fraction of sp³-hybridized carbons (Fsp3) is 0.100. The van der Waals surface area contributed by atoms with E-state index in [-0.39, 0.29) is 5.78 Å². The van der Waals surface area contributed by atoms with Gasteiger partial charge in [-0.05, 0) is 47.1 Å². The lowest BCUT2D eigenvalue weighted by atomic mass is 10.1. The van der Waals surface area contributed by atoms with Gasteiger partial charge in [-0.3, -0.25) is 4.79 Å². The maximum Gasteiger partial charge on any atom is 0.185 e. The first-order valence-electron chi connectivity index (χ1n) is 3.77. The Morgan fingerprint density at radius 2 is 2.23 bits per heavy atom. The van der Waals surface area contributed by atoms with Crippen molar-refractivity contribution in [3.05, 3.63) is 46.2 Å². The maximum atomic E-state index is 13.0. The van der Waals surface area contributed by atoms with E-state index in [1.165, 1.54) is 18.2 Å². The van der Waals surface area contributed by atoms with E-state index >= 15 is 0 Å². The second-order valence-corrected chi connectivity index (χ2v) is 3.35. The molecule has 13 heavy (non-hydrogen) atoms. The van der Waals surface area contributed by atoms with E-state index in [1.807, 2.05) is 0 Å². The highest BCUT2D eigenvalue weighted by atomic mass is 79.9. The Kier molecular flexibility index (Phi) is 3.37. The first-order valence-corrected chi connectivity index (χ1v) is 4.56. The number of allylic oxidation sites excluding steroid dienone is 2. The normalized spacial score (nSPS) is 10.7. The predicted octanol–water partition coefficient (Wildman–Crippen LogP) is 3.35. The van der Waals surface area contributed by atoms with E-state index in [2.05, 4.69) is 15.9 Å². The summed E-state index contributed by atoms with van der Waals surface area (Å²) in [5.41, 5.74) is 0.360. The molecule has 0 radical (unpaired) electrons. The largest absolute Gasteiger partial charge is 0.289 e. The Hall–Kier alpha value is -0.960. The van der Waals surface area contributed by atoms with Gasteiger partial charge in [-0.2, -0.15) is 0 Å². The third-order valence-corrected chi connectivity index (χ3v) is 2.17. The summed E-state index contributed by atoms with van der Waals surface area (Å²) in [5, 5.41) is 0. The van der Waals surface area contributed by atoms with Crippen LogP contribution in [-0.4, -0.2) is 5.78 Å². The highest BCUT2D eigenvalue weighted by Gasteiger charge is 2.04. The van der Waals surface area contributed by atoms with Gasteiger partial charge in [-0.1, -0.05) is 6.08 Å². The average Bonchev–Trinajstić information content (AvgIpc) is 2.10. The van der Waals surface area contributed by atoms with Crippen LogP contribution in [0.15, 0.2) is 34.8 Å². The molecular weight excluding hydrogens is 235 g/mol. The molecule has 1 aromatic rings. The minimum atomic E-state index is -0.421. The zero-order valence-corrected chi connectivity index (χ0v) is 8.64. The summed E-state index contributed by atoms with van der Waals surface area (Å²) in [6, 6.07) is 4.31. The van der Waals surface area contributed by atoms with Crippen molar-refractivity contribution in [1.29, 1.82) is 0 Å². The quantitative estimate of drug-likeness (QED) is 0.575. The second kappa shape index (κ2) is 4.33. The summed E-state index contributed by atoms with van der Waals surface area (Å²) in [6.07, 6.45) is 3.03. The van der Waals surface area contributed by atoms with Gasteiger partial charge in [-0.25, -0.2) is 4.39 Å². The van der Waals surface area contributed by atoms with Crippen LogP contribution in [0.5, 0.6) is 0 Å². The Balaban J connectivity index is 3.04.